The Balaban J connectivity index is 1.93. The number of anilines is 1. The zero-order valence-corrected chi connectivity index (χ0v) is 16.5. The van der Waals surface area contributed by atoms with Crippen molar-refractivity contribution >= 4 is 28.3 Å². The van der Waals surface area contributed by atoms with Gasteiger partial charge in [0, 0.05) is 29.6 Å². The average molecular weight is 406 g/mol. The van der Waals surface area contributed by atoms with Crippen LogP contribution in [0, 0.1) is 5.82 Å². The molecule has 1 aliphatic rings. The number of thiophene rings is 1. The number of nitrogens with zero attached hydrogens (tertiary/aromatic N) is 1. The highest BCUT2D eigenvalue weighted by Crippen LogP contribution is 2.40. The molecule has 3 rings (SSSR count). The molecular formula is C19H23FN4O3S. The van der Waals surface area contributed by atoms with Crippen molar-refractivity contribution in [3.05, 3.63) is 35.6 Å². The van der Waals surface area contributed by atoms with Gasteiger partial charge in [0.2, 0.25) is 0 Å². The van der Waals surface area contributed by atoms with E-state index in [9.17, 15) is 14.0 Å². The Hall–Kier alpha value is -2.65. The van der Waals surface area contributed by atoms with Crippen LogP contribution in [0.2, 0.25) is 0 Å². The third kappa shape index (κ3) is 4.42. The molecule has 5 N–H and O–H groups in total. The number of halogens is 1. The van der Waals surface area contributed by atoms with Crippen molar-refractivity contribution < 1.29 is 18.7 Å². The molecule has 150 valence electrons. The summed E-state index contributed by atoms with van der Waals surface area (Å²) < 4.78 is 20.1. The molecule has 0 aliphatic carbocycles. The number of primary amides is 2. The molecule has 1 saturated heterocycles. The Morgan fingerprint density at radius 3 is 2.68 bits per heavy atom. The van der Waals surface area contributed by atoms with E-state index >= 15 is 0 Å². The Morgan fingerprint density at radius 2 is 2.07 bits per heavy atom. The van der Waals surface area contributed by atoms with Crippen LogP contribution in [0.1, 0.15) is 30.6 Å². The molecule has 0 bridgehead atoms. The summed E-state index contributed by atoms with van der Waals surface area (Å²) in [6, 6.07) is 5.38. The number of nitrogens with two attached hydrogens (primary N) is 2. The van der Waals surface area contributed by atoms with Gasteiger partial charge in [0.05, 0.1) is 5.56 Å². The predicted octanol–water partition coefficient (Wildman–Crippen LogP) is 3.01. The molecule has 0 saturated carbocycles. The standard InChI is InChI=1S/C19H23FN4O3S/c1-10(2)24-6-5-12(9-24)27-15-4-3-11(20)7-13(15)16-8-14(17(21)25)18(28-16)23-19(22)26/h3-4,7-8,10,12H,5-6,9H2,1-2H3,(H2,21,25)(H3,22,23,26). The topological polar surface area (TPSA) is 111 Å². The van der Waals surface area contributed by atoms with Crippen LogP contribution in [0.15, 0.2) is 24.3 Å². The van der Waals surface area contributed by atoms with E-state index in [1.54, 1.807) is 6.07 Å². The maximum Gasteiger partial charge on any atom is 0.317 e. The van der Waals surface area contributed by atoms with Crippen LogP contribution in [-0.2, 0) is 0 Å². The zero-order chi connectivity index (χ0) is 20.4. The smallest absolute Gasteiger partial charge is 0.317 e. The van der Waals surface area contributed by atoms with Crippen molar-refractivity contribution in [3.63, 3.8) is 0 Å². The third-order valence-electron chi connectivity index (χ3n) is 4.64. The Labute approximate surface area is 166 Å². The Bertz CT molecular complexity index is 899. The molecule has 1 atom stereocenters. The summed E-state index contributed by atoms with van der Waals surface area (Å²) in [6.07, 6.45) is 0.867. The van der Waals surface area contributed by atoms with Gasteiger partial charge in [0.15, 0.2) is 0 Å². The van der Waals surface area contributed by atoms with Crippen molar-refractivity contribution in [1.29, 1.82) is 0 Å². The van der Waals surface area contributed by atoms with Gasteiger partial charge in [-0.2, -0.15) is 0 Å². The molecule has 2 heterocycles. The minimum Gasteiger partial charge on any atom is -0.488 e. The lowest BCUT2D eigenvalue weighted by Crippen LogP contribution is -2.30. The van der Waals surface area contributed by atoms with E-state index in [-0.39, 0.29) is 16.7 Å². The first-order valence-corrected chi connectivity index (χ1v) is 9.77. The number of amides is 3. The van der Waals surface area contributed by atoms with E-state index in [0.29, 0.717) is 22.2 Å². The van der Waals surface area contributed by atoms with Gasteiger partial charge in [-0.05, 0) is 44.5 Å². The number of hydrogen-bond donors (Lipinski definition) is 3. The number of rotatable bonds is 6. The first-order chi connectivity index (χ1) is 13.2. The van der Waals surface area contributed by atoms with Crippen LogP contribution < -0.4 is 21.5 Å². The SMILES string of the molecule is CC(C)N1CCC(Oc2ccc(F)cc2-c2cc(C(N)=O)c(NC(N)=O)s2)C1. The van der Waals surface area contributed by atoms with E-state index in [1.807, 2.05) is 0 Å². The van der Waals surface area contributed by atoms with Gasteiger partial charge in [-0.15, -0.1) is 11.3 Å². The highest BCUT2D eigenvalue weighted by Gasteiger charge is 2.27. The van der Waals surface area contributed by atoms with Crippen LogP contribution in [0.3, 0.4) is 0 Å². The van der Waals surface area contributed by atoms with Crippen LogP contribution in [0.4, 0.5) is 14.2 Å². The molecule has 1 fully saturated rings. The third-order valence-corrected chi connectivity index (χ3v) is 5.73. The molecule has 28 heavy (non-hydrogen) atoms. The molecule has 2 aromatic rings. The summed E-state index contributed by atoms with van der Waals surface area (Å²) in [7, 11) is 0. The van der Waals surface area contributed by atoms with E-state index in [4.69, 9.17) is 16.2 Å². The number of likely N-dealkylation sites (tertiary alicyclic amines) is 1. The fourth-order valence-electron chi connectivity index (χ4n) is 3.21. The van der Waals surface area contributed by atoms with E-state index in [0.717, 1.165) is 30.8 Å². The number of urea groups is 1. The summed E-state index contributed by atoms with van der Waals surface area (Å²) in [5, 5.41) is 2.61. The minimum absolute atomic E-state index is 0.00889. The number of carbonyl (C=O) groups is 2. The molecule has 7 nitrogen and oxygen atoms in total. The zero-order valence-electron chi connectivity index (χ0n) is 15.7. The lowest BCUT2D eigenvalue weighted by atomic mass is 10.1. The van der Waals surface area contributed by atoms with Crippen molar-refractivity contribution in [1.82, 2.24) is 4.90 Å². The van der Waals surface area contributed by atoms with Gasteiger partial charge in [-0.3, -0.25) is 15.0 Å². The van der Waals surface area contributed by atoms with E-state index in [1.165, 1.54) is 18.2 Å². The number of nitrogens with one attached hydrogen (secondary N) is 1. The van der Waals surface area contributed by atoms with Crippen molar-refractivity contribution in [2.24, 2.45) is 11.5 Å². The number of benzene rings is 1. The Kier molecular flexibility index (Phi) is 5.85. The van der Waals surface area contributed by atoms with Crippen molar-refractivity contribution in [3.8, 4) is 16.2 Å². The quantitative estimate of drug-likeness (QED) is 0.685. The fraction of sp³-hybridized carbons (Fsp3) is 0.368. The maximum atomic E-state index is 13.9. The summed E-state index contributed by atoms with van der Waals surface area (Å²) in [5.41, 5.74) is 11.2. The molecule has 9 heteroatoms. The summed E-state index contributed by atoms with van der Waals surface area (Å²) in [6.45, 7) is 6.00. The molecule has 1 aromatic heterocycles. The van der Waals surface area contributed by atoms with Gasteiger partial charge < -0.3 is 16.2 Å². The minimum atomic E-state index is -0.814. The number of carbonyl (C=O) groups excluding carboxylic acids is 2. The van der Waals surface area contributed by atoms with Crippen LogP contribution in [0.5, 0.6) is 5.75 Å². The maximum absolute atomic E-state index is 13.9. The highest BCUT2D eigenvalue weighted by molar-refractivity contribution is 7.20. The fourth-order valence-corrected chi connectivity index (χ4v) is 4.30. The monoisotopic (exact) mass is 406 g/mol. The van der Waals surface area contributed by atoms with Gasteiger partial charge in [0.25, 0.3) is 5.91 Å². The predicted molar refractivity (Wildman–Crippen MR) is 107 cm³/mol. The number of hydrogen-bond acceptors (Lipinski definition) is 5. The van der Waals surface area contributed by atoms with Crippen LogP contribution in [-0.4, -0.2) is 42.1 Å². The molecule has 1 aromatic carbocycles. The van der Waals surface area contributed by atoms with E-state index < -0.39 is 17.8 Å². The van der Waals surface area contributed by atoms with Gasteiger partial charge in [0.1, 0.15) is 22.7 Å². The normalized spacial score (nSPS) is 17.1. The average Bonchev–Trinajstić information content (AvgIpc) is 3.23. The second kappa shape index (κ2) is 8.15. The van der Waals surface area contributed by atoms with Crippen molar-refractivity contribution in [2.45, 2.75) is 32.4 Å². The molecular weight excluding hydrogens is 383 g/mol. The van der Waals surface area contributed by atoms with Gasteiger partial charge >= 0.3 is 6.03 Å². The van der Waals surface area contributed by atoms with Crippen LogP contribution >= 0.6 is 11.3 Å². The highest BCUT2D eigenvalue weighted by atomic mass is 32.1. The lowest BCUT2D eigenvalue weighted by molar-refractivity contribution is 0.100. The first-order valence-electron chi connectivity index (χ1n) is 8.95. The summed E-state index contributed by atoms with van der Waals surface area (Å²) in [5.74, 6) is -0.635. The Morgan fingerprint density at radius 1 is 1.32 bits per heavy atom. The lowest BCUT2D eigenvalue weighted by Gasteiger charge is -2.21. The van der Waals surface area contributed by atoms with E-state index in [2.05, 4.69) is 24.1 Å². The second-order valence-corrected chi connectivity index (χ2v) is 8.02. The van der Waals surface area contributed by atoms with Gasteiger partial charge in [-0.25, -0.2) is 9.18 Å². The molecule has 0 spiro atoms. The molecule has 1 aliphatic heterocycles. The summed E-state index contributed by atoms with van der Waals surface area (Å²) in [4.78, 5) is 25.8. The largest absolute Gasteiger partial charge is 0.488 e. The summed E-state index contributed by atoms with van der Waals surface area (Å²) >= 11 is 1.09. The molecule has 1 unspecified atom stereocenters. The van der Waals surface area contributed by atoms with Crippen LogP contribution in [0.25, 0.3) is 10.4 Å². The van der Waals surface area contributed by atoms with Crippen molar-refractivity contribution in [2.75, 3.05) is 18.4 Å². The number of ether oxygens (including phenoxy) is 1. The molecule has 0 radical (unpaired) electrons. The molecule has 3 amide bonds. The van der Waals surface area contributed by atoms with Gasteiger partial charge in [-0.1, -0.05) is 0 Å². The second-order valence-electron chi connectivity index (χ2n) is 6.96. The first kappa shape index (κ1) is 20.1.